The predicted octanol–water partition coefficient (Wildman–Crippen LogP) is 5.13. The maximum absolute atomic E-state index is 3.77. The molecule has 0 radical (unpaired) electrons. The van der Waals surface area contributed by atoms with Gasteiger partial charge in [-0.3, -0.25) is 0 Å². The molecule has 1 unspecified atom stereocenters. The van der Waals surface area contributed by atoms with Crippen LogP contribution in [0.4, 0.5) is 5.69 Å². The molecule has 118 valence electrons. The fourth-order valence-corrected chi connectivity index (χ4v) is 3.99. The summed E-state index contributed by atoms with van der Waals surface area (Å²) < 4.78 is 1.22. The van der Waals surface area contributed by atoms with Crippen LogP contribution >= 0.6 is 15.9 Å². The molecule has 0 aromatic heterocycles. The van der Waals surface area contributed by atoms with Gasteiger partial charge in [-0.15, -0.1) is 0 Å². The van der Waals surface area contributed by atoms with Gasteiger partial charge >= 0.3 is 0 Å². The summed E-state index contributed by atoms with van der Waals surface area (Å²) in [5, 5.41) is 3.31. The number of hydrogen-bond donors (Lipinski definition) is 1. The maximum atomic E-state index is 3.77. The van der Waals surface area contributed by atoms with Gasteiger partial charge in [0, 0.05) is 28.8 Å². The van der Waals surface area contributed by atoms with E-state index in [1.54, 1.807) is 0 Å². The van der Waals surface area contributed by atoms with Crippen LogP contribution in [-0.4, -0.2) is 19.6 Å². The minimum atomic E-state index is 0.374. The van der Waals surface area contributed by atoms with Crippen LogP contribution in [0.1, 0.15) is 58.1 Å². The van der Waals surface area contributed by atoms with Gasteiger partial charge in [-0.05, 0) is 50.4 Å². The zero-order chi connectivity index (χ0) is 15.4. The highest BCUT2D eigenvalue weighted by Crippen LogP contribution is 2.33. The Morgan fingerprint density at radius 2 is 1.90 bits per heavy atom. The molecule has 1 atom stereocenters. The summed E-state index contributed by atoms with van der Waals surface area (Å²) in [6, 6.07) is 7.98. The van der Waals surface area contributed by atoms with E-state index in [1.807, 2.05) is 7.05 Å². The fourth-order valence-electron chi connectivity index (χ4n) is 3.28. The summed E-state index contributed by atoms with van der Waals surface area (Å²) in [6.07, 6.45) is 5.46. The van der Waals surface area contributed by atoms with Crippen molar-refractivity contribution in [1.29, 1.82) is 0 Å². The van der Waals surface area contributed by atoms with Crippen molar-refractivity contribution in [3.05, 3.63) is 28.2 Å². The molecule has 1 aromatic carbocycles. The van der Waals surface area contributed by atoms with Gasteiger partial charge in [-0.2, -0.15) is 0 Å². The number of rotatable bonds is 6. The van der Waals surface area contributed by atoms with Crippen LogP contribution in [0.5, 0.6) is 0 Å². The van der Waals surface area contributed by atoms with E-state index in [0.29, 0.717) is 12.0 Å². The van der Waals surface area contributed by atoms with Crippen molar-refractivity contribution in [1.82, 2.24) is 5.32 Å². The molecule has 2 rings (SSSR count). The second-order valence-electron chi connectivity index (χ2n) is 6.70. The highest BCUT2D eigenvalue weighted by atomic mass is 79.9. The Balaban J connectivity index is 2.25. The zero-order valence-corrected chi connectivity index (χ0v) is 15.4. The Kier molecular flexibility index (Phi) is 6.12. The number of anilines is 1. The SMILES string of the molecule is CNC(C)c1ccc(N(CC(C)C)C2CCCC2)cc1Br. The summed E-state index contributed by atoms with van der Waals surface area (Å²) >= 11 is 3.77. The molecular formula is C18H29BrN2. The first kappa shape index (κ1) is 16.8. The number of halogens is 1. The summed E-state index contributed by atoms with van der Waals surface area (Å²) in [4.78, 5) is 2.64. The molecule has 0 saturated heterocycles. The lowest BCUT2D eigenvalue weighted by molar-refractivity contribution is 0.535. The second-order valence-corrected chi connectivity index (χ2v) is 7.56. The van der Waals surface area contributed by atoms with Crippen molar-refractivity contribution >= 4 is 21.6 Å². The molecule has 1 saturated carbocycles. The van der Waals surface area contributed by atoms with E-state index in [2.05, 4.69) is 65.1 Å². The second kappa shape index (κ2) is 7.64. The molecule has 1 fully saturated rings. The molecule has 1 aliphatic carbocycles. The largest absolute Gasteiger partial charge is 0.368 e. The third-order valence-corrected chi connectivity index (χ3v) is 5.23. The molecule has 21 heavy (non-hydrogen) atoms. The average Bonchev–Trinajstić information content (AvgIpc) is 2.97. The monoisotopic (exact) mass is 352 g/mol. The van der Waals surface area contributed by atoms with Crippen molar-refractivity contribution in [2.45, 2.75) is 58.5 Å². The average molecular weight is 353 g/mol. The first-order chi connectivity index (χ1) is 10.0. The van der Waals surface area contributed by atoms with Crippen molar-refractivity contribution < 1.29 is 0 Å². The highest BCUT2D eigenvalue weighted by molar-refractivity contribution is 9.10. The molecule has 1 aromatic rings. The fraction of sp³-hybridized carbons (Fsp3) is 0.667. The van der Waals surface area contributed by atoms with Crippen molar-refractivity contribution in [3.63, 3.8) is 0 Å². The third kappa shape index (κ3) is 4.23. The van der Waals surface area contributed by atoms with Crippen LogP contribution < -0.4 is 10.2 Å². The van der Waals surface area contributed by atoms with Crippen LogP contribution in [0.2, 0.25) is 0 Å². The van der Waals surface area contributed by atoms with E-state index < -0.39 is 0 Å². The van der Waals surface area contributed by atoms with Crippen LogP contribution in [0, 0.1) is 5.92 Å². The van der Waals surface area contributed by atoms with E-state index in [-0.39, 0.29) is 0 Å². The predicted molar refractivity (Wildman–Crippen MR) is 96.1 cm³/mol. The van der Waals surface area contributed by atoms with Crippen molar-refractivity contribution in [2.75, 3.05) is 18.5 Å². The zero-order valence-electron chi connectivity index (χ0n) is 13.8. The van der Waals surface area contributed by atoms with Crippen molar-refractivity contribution in [3.8, 4) is 0 Å². The van der Waals surface area contributed by atoms with E-state index in [1.165, 1.54) is 41.4 Å². The molecule has 0 spiro atoms. The minimum absolute atomic E-state index is 0.374. The van der Waals surface area contributed by atoms with Gasteiger partial charge in [0.15, 0.2) is 0 Å². The molecule has 3 heteroatoms. The molecule has 0 bridgehead atoms. The summed E-state index contributed by atoms with van der Waals surface area (Å²) in [5.74, 6) is 0.695. The van der Waals surface area contributed by atoms with Gasteiger partial charge in [0.05, 0.1) is 0 Å². The summed E-state index contributed by atoms with van der Waals surface area (Å²) in [6.45, 7) is 7.98. The molecule has 0 amide bonds. The lowest BCUT2D eigenvalue weighted by atomic mass is 10.1. The Morgan fingerprint density at radius 3 is 2.43 bits per heavy atom. The molecule has 0 aliphatic heterocycles. The lowest BCUT2D eigenvalue weighted by Gasteiger charge is -2.33. The number of nitrogens with zero attached hydrogens (tertiary/aromatic N) is 1. The van der Waals surface area contributed by atoms with Gasteiger partial charge in [0.25, 0.3) is 0 Å². The molecule has 0 heterocycles. The van der Waals surface area contributed by atoms with Crippen LogP contribution in [-0.2, 0) is 0 Å². The Labute approximate surface area is 138 Å². The highest BCUT2D eigenvalue weighted by Gasteiger charge is 2.24. The molecule has 1 aliphatic rings. The summed E-state index contributed by atoms with van der Waals surface area (Å²) in [5.41, 5.74) is 2.70. The number of benzene rings is 1. The smallest absolute Gasteiger partial charge is 0.0380 e. The summed E-state index contributed by atoms with van der Waals surface area (Å²) in [7, 11) is 2.01. The Hall–Kier alpha value is -0.540. The third-order valence-electron chi connectivity index (χ3n) is 4.54. The lowest BCUT2D eigenvalue weighted by Crippen LogP contribution is -2.36. The first-order valence-corrected chi connectivity index (χ1v) is 9.05. The topological polar surface area (TPSA) is 15.3 Å². The van der Waals surface area contributed by atoms with Crippen LogP contribution in [0.15, 0.2) is 22.7 Å². The van der Waals surface area contributed by atoms with Gasteiger partial charge in [-0.1, -0.05) is 48.7 Å². The quantitative estimate of drug-likeness (QED) is 0.762. The first-order valence-electron chi connectivity index (χ1n) is 8.26. The van der Waals surface area contributed by atoms with Crippen molar-refractivity contribution in [2.24, 2.45) is 5.92 Å². The van der Waals surface area contributed by atoms with Gasteiger partial charge in [0.2, 0.25) is 0 Å². The van der Waals surface area contributed by atoms with Crippen LogP contribution in [0.3, 0.4) is 0 Å². The van der Waals surface area contributed by atoms with Gasteiger partial charge < -0.3 is 10.2 Å². The van der Waals surface area contributed by atoms with E-state index >= 15 is 0 Å². The van der Waals surface area contributed by atoms with Crippen LogP contribution in [0.25, 0.3) is 0 Å². The maximum Gasteiger partial charge on any atom is 0.0380 e. The Morgan fingerprint density at radius 1 is 1.24 bits per heavy atom. The van der Waals surface area contributed by atoms with E-state index in [4.69, 9.17) is 0 Å². The molecule has 2 nitrogen and oxygen atoms in total. The van der Waals surface area contributed by atoms with Gasteiger partial charge in [0.1, 0.15) is 0 Å². The number of hydrogen-bond acceptors (Lipinski definition) is 2. The Bertz CT molecular complexity index is 453. The number of nitrogens with one attached hydrogen (secondary N) is 1. The van der Waals surface area contributed by atoms with E-state index in [0.717, 1.165) is 12.6 Å². The standard InChI is InChI=1S/C18H29BrN2/c1-13(2)12-21(15-7-5-6-8-15)16-9-10-17(14(3)20-4)18(19)11-16/h9-11,13-15,20H,5-8,12H2,1-4H3. The minimum Gasteiger partial charge on any atom is -0.368 e. The molecular weight excluding hydrogens is 324 g/mol. The van der Waals surface area contributed by atoms with Gasteiger partial charge in [-0.25, -0.2) is 0 Å². The normalized spacial score (nSPS) is 17.4. The molecule has 1 N–H and O–H groups in total. The van der Waals surface area contributed by atoms with E-state index in [9.17, 15) is 0 Å².